The van der Waals surface area contributed by atoms with Crippen LogP contribution in [0.2, 0.25) is 0 Å². The van der Waals surface area contributed by atoms with E-state index in [1.165, 1.54) is 0 Å². The molecule has 0 atom stereocenters. The van der Waals surface area contributed by atoms with Gasteiger partial charge in [-0.1, -0.05) is 6.07 Å². The first-order valence-electron chi connectivity index (χ1n) is 9.60. The third-order valence-corrected chi connectivity index (χ3v) is 3.92. The van der Waals surface area contributed by atoms with Crippen LogP contribution in [0, 0.1) is 6.92 Å². The molecule has 0 amide bonds. The molecule has 0 aliphatic heterocycles. The standard InChI is InChI=1S/C21H27N5O3/c1-13(2)28-20-23-19(24-21(25-20)29-14(3)4)10-16-7-8-17(18(9-16)27-6)26-11-15(5)22-12-26/h7-9,11-14H,10H2,1-6H3. The fourth-order valence-corrected chi connectivity index (χ4v) is 2.76. The second-order valence-corrected chi connectivity index (χ2v) is 7.26. The van der Waals surface area contributed by atoms with Crippen LogP contribution in [0.4, 0.5) is 0 Å². The van der Waals surface area contributed by atoms with Gasteiger partial charge in [0.15, 0.2) is 0 Å². The van der Waals surface area contributed by atoms with Gasteiger partial charge in [-0.15, -0.1) is 4.98 Å². The van der Waals surface area contributed by atoms with E-state index in [2.05, 4.69) is 19.9 Å². The number of nitrogens with zero attached hydrogens (tertiary/aromatic N) is 5. The van der Waals surface area contributed by atoms with Crippen molar-refractivity contribution in [3.8, 4) is 23.5 Å². The van der Waals surface area contributed by atoms with E-state index in [1.54, 1.807) is 13.4 Å². The lowest BCUT2D eigenvalue weighted by Gasteiger charge is -2.13. The Hall–Kier alpha value is -3.16. The van der Waals surface area contributed by atoms with Gasteiger partial charge in [0, 0.05) is 12.6 Å². The Morgan fingerprint density at radius 3 is 2.14 bits per heavy atom. The maximum Gasteiger partial charge on any atom is 0.323 e. The highest BCUT2D eigenvalue weighted by atomic mass is 16.5. The van der Waals surface area contributed by atoms with Crippen LogP contribution in [0.1, 0.15) is 44.8 Å². The van der Waals surface area contributed by atoms with Gasteiger partial charge in [0.05, 0.1) is 37.0 Å². The van der Waals surface area contributed by atoms with Crippen LogP contribution < -0.4 is 14.2 Å². The van der Waals surface area contributed by atoms with Gasteiger partial charge in [-0.05, 0) is 52.3 Å². The first-order valence-corrected chi connectivity index (χ1v) is 9.60. The average Bonchev–Trinajstić information content (AvgIpc) is 3.06. The van der Waals surface area contributed by atoms with Crippen molar-refractivity contribution in [3.05, 3.63) is 47.8 Å². The number of hydrogen-bond donors (Lipinski definition) is 0. The molecule has 3 rings (SSSR count). The topological polar surface area (TPSA) is 84.2 Å². The molecule has 0 spiro atoms. The lowest BCUT2D eigenvalue weighted by atomic mass is 10.1. The summed E-state index contributed by atoms with van der Waals surface area (Å²) < 4.78 is 18.8. The summed E-state index contributed by atoms with van der Waals surface area (Å²) in [6.07, 6.45) is 4.12. The summed E-state index contributed by atoms with van der Waals surface area (Å²) in [6.45, 7) is 9.65. The van der Waals surface area contributed by atoms with Gasteiger partial charge in [-0.25, -0.2) is 4.98 Å². The summed E-state index contributed by atoms with van der Waals surface area (Å²) in [5.41, 5.74) is 2.86. The molecule has 1 aromatic carbocycles. The Bertz CT molecular complexity index is 940. The van der Waals surface area contributed by atoms with E-state index in [-0.39, 0.29) is 24.2 Å². The van der Waals surface area contributed by atoms with Crippen LogP contribution in [0.5, 0.6) is 17.8 Å². The Kier molecular flexibility index (Phi) is 6.31. The van der Waals surface area contributed by atoms with Crippen molar-refractivity contribution in [3.63, 3.8) is 0 Å². The van der Waals surface area contributed by atoms with Gasteiger partial charge in [-0.3, -0.25) is 0 Å². The molecule has 3 aromatic rings. The number of imidazole rings is 1. The molecule has 8 nitrogen and oxygen atoms in total. The molecule has 154 valence electrons. The molecule has 0 N–H and O–H groups in total. The monoisotopic (exact) mass is 397 g/mol. The van der Waals surface area contributed by atoms with Crippen molar-refractivity contribution in [1.82, 2.24) is 24.5 Å². The molecule has 2 aromatic heterocycles. The zero-order valence-corrected chi connectivity index (χ0v) is 17.7. The van der Waals surface area contributed by atoms with E-state index in [9.17, 15) is 0 Å². The summed E-state index contributed by atoms with van der Waals surface area (Å²) >= 11 is 0. The minimum absolute atomic E-state index is 0.0461. The smallest absolute Gasteiger partial charge is 0.323 e. The molecule has 0 saturated carbocycles. The molecule has 0 fully saturated rings. The molecule has 8 heteroatoms. The minimum Gasteiger partial charge on any atom is -0.495 e. The Morgan fingerprint density at radius 1 is 0.966 bits per heavy atom. The summed E-state index contributed by atoms with van der Waals surface area (Å²) in [7, 11) is 1.65. The number of hydrogen-bond acceptors (Lipinski definition) is 7. The normalized spacial score (nSPS) is 11.2. The van der Waals surface area contributed by atoms with E-state index in [4.69, 9.17) is 14.2 Å². The zero-order chi connectivity index (χ0) is 21.0. The summed E-state index contributed by atoms with van der Waals surface area (Å²) in [4.78, 5) is 17.4. The molecule has 0 aliphatic carbocycles. The molecule has 0 radical (unpaired) electrons. The van der Waals surface area contributed by atoms with Gasteiger partial charge < -0.3 is 18.8 Å². The fraction of sp³-hybridized carbons (Fsp3) is 0.429. The molecule has 0 unspecified atom stereocenters. The second kappa shape index (κ2) is 8.89. The predicted molar refractivity (Wildman–Crippen MR) is 109 cm³/mol. The third-order valence-electron chi connectivity index (χ3n) is 3.92. The number of ether oxygens (including phenoxy) is 3. The number of methoxy groups -OCH3 is 1. The lowest BCUT2D eigenvalue weighted by Crippen LogP contribution is -2.14. The van der Waals surface area contributed by atoms with Gasteiger partial charge in [0.1, 0.15) is 11.6 Å². The van der Waals surface area contributed by atoms with Gasteiger partial charge in [0.25, 0.3) is 0 Å². The minimum atomic E-state index is -0.0461. The van der Waals surface area contributed by atoms with Crippen molar-refractivity contribution < 1.29 is 14.2 Å². The molecule has 29 heavy (non-hydrogen) atoms. The molecule has 0 bridgehead atoms. The Balaban J connectivity index is 1.90. The van der Waals surface area contributed by atoms with Crippen LogP contribution in [0.25, 0.3) is 5.69 Å². The number of aromatic nitrogens is 5. The largest absolute Gasteiger partial charge is 0.495 e. The first kappa shape index (κ1) is 20.6. The van der Waals surface area contributed by atoms with Crippen LogP contribution in [-0.2, 0) is 6.42 Å². The SMILES string of the molecule is COc1cc(Cc2nc(OC(C)C)nc(OC(C)C)n2)ccc1-n1cnc(C)c1. The van der Waals surface area contributed by atoms with E-state index in [0.29, 0.717) is 12.2 Å². The summed E-state index contributed by atoms with van der Waals surface area (Å²) in [5.74, 6) is 1.31. The first-order chi connectivity index (χ1) is 13.8. The quantitative estimate of drug-likeness (QED) is 0.575. The van der Waals surface area contributed by atoms with Gasteiger partial charge >= 0.3 is 12.0 Å². The van der Waals surface area contributed by atoms with Crippen LogP contribution in [-0.4, -0.2) is 43.8 Å². The van der Waals surface area contributed by atoms with E-state index >= 15 is 0 Å². The highest BCUT2D eigenvalue weighted by molar-refractivity contribution is 5.49. The van der Waals surface area contributed by atoms with Crippen molar-refractivity contribution >= 4 is 0 Å². The van der Waals surface area contributed by atoms with Crippen molar-refractivity contribution in [2.75, 3.05) is 7.11 Å². The fourth-order valence-electron chi connectivity index (χ4n) is 2.76. The van der Waals surface area contributed by atoms with Crippen LogP contribution >= 0.6 is 0 Å². The van der Waals surface area contributed by atoms with Crippen molar-refractivity contribution in [2.24, 2.45) is 0 Å². The number of benzene rings is 1. The third kappa shape index (κ3) is 5.43. The molecule has 0 saturated heterocycles. The average molecular weight is 397 g/mol. The van der Waals surface area contributed by atoms with Crippen LogP contribution in [0.3, 0.4) is 0 Å². The van der Waals surface area contributed by atoms with Crippen molar-refractivity contribution in [2.45, 2.75) is 53.2 Å². The van der Waals surface area contributed by atoms with Gasteiger partial charge in [-0.2, -0.15) is 9.97 Å². The molecule has 2 heterocycles. The molecular weight excluding hydrogens is 370 g/mol. The maximum absolute atomic E-state index is 5.66. The number of aryl methyl sites for hydroxylation is 1. The Labute approximate surface area is 170 Å². The highest BCUT2D eigenvalue weighted by Crippen LogP contribution is 2.26. The highest BCUT2D eigenvalue weighted by Gasteiger charge is 2.14. The van der Waals surface area contributed by atoms with E-state index in [1.807, 2.05) is 63.6 Å². The zero-order valence-electron chi connectivity index (χ0n) is 17.7. The lowest BCUT2D eigenvalue weighted by molar-refractivity contribution is 0.195. The summed E-state index contributed by atoms with van der Waals surface area (Å²) in [6, 6.07) is 6.51. The number of rotatable bonds is 8. The van der Waals surface area contributed by atoms with E-state index in [0.717, 1.165) is 22.7 Å². The Morgan fingerprint density at radius 2 is 1.62 bits per heavy atom. The van der Waals surface area contributed by atoms with Gasteiger partial charge in [0.2, 0.25) is 0 Å². The molecule has 0 aliphatic rings. The van der Waals surface area contributed by atoms with Crippen LogP contribution in [0.15, 0.2) is 30.7 Å². The summed E-state index contributed by atoms with van der Waals surface area (Å²) in [5, 5.41) is 0. The van der Waals surface area contributed by atoms with E-state index < -0.39 is 0 Å². The maximum atomic E-state index is 5.66. The second-order valence-electron chi connectivity index (χ2n) is 7.26. The predicted octanol–water partition coefficient (Wildman–Crippen LogP) is 3.54. The van der Waals surface area contributed by atoms with Crippen molar-refractivity contribution in [1.29, 1.82) is 0 Å². The molecular formula is C21H27N5O3.